The minimum Gasteiger partial charge on any atom is -0.369 e. The number of aliphatic hydroxyl groups excluding tert-OH is 1. The van der Waals surface area contributed by atoms with Crippen LogP contribution < -0.4 is 0 Å². The molecule has 88 valence electrons. The topological polar surface area (TPSA) is 40.5 Å². The molecule has 0 saturated heterocycles. The van der Waals surface area contributed by atoms with Crippen molar-refractivity contribution in [1.82, 2.24) is 4.90 Å². The van der Waals surface area contributed by atoms with E-state index < -0.39 is 6.23 Å². The van der Waals surface area contributed by atoms with Gasteiger partial charge < -0.3 is 5.11 Å². The Hall–Kier alpha value is -2.31. The number of nitrogens with zero attached hydrogens (tertiary/aromatic N) is 1. The van der Waals surface area contributed by atoms with Crippen molar-refractivity contribution >= 4 is 16.7 Å². The SMILES string of the molecule is C#CCN1C(=O)c2cccc3cccc(c23)[C@H]1O. The quantitative estimate of drug-likeness (QED) is 0.770. The van der Waals surface area contributed by atoms with Crippen molar-refractivity contribution in [2.24, 2.45) is 0 Å². The summed E-state index contributed by atoms with van der Waals surface area (Å²) in [6.45, 7) is 0.102. The molecule has 0 aromatic heterocycles. The Morgan fingerprint density at radius 3 is 2.72 bits per heavy atom. The zero-order valence-electron chi connectivity index (χ0n) is 9.63. The molecule has 0 bridgehead atoms. The number of carbonyl (C=O) groups is 1. The standard InChI is InChI=1S/C15H11NO2/c1-2-9-16-14(17)11-7-3-5-10-6-4-8-12(13(10)11)15(16)18/h1,3-8,14,17H,9H2/t14-/m1/s1. The molecule has 0 aliphatic carbocycles. The molecule has 0 fully saturated rings. The van der Waals surface area contributed by atoms with Gasteiger partial charge in [0, 0.05) is 16.5 Å². The molecule has 3 heteroatoms. The molecule has 3 nitrogen and oxygen atoms in total. The van der Waals surface area contributed by atoms with Gasteiger partial charge in [-0.2, -0.15) is 0 Å². The molecule has 2 aromatic carbocycles. The number of carbonyl (C=O) groups excluding carboxylic acids is 1. The van der Waals surface area contributed by atoms with Gasteiger partial charge in [0.15, 0.2) is 6.23 Å². The third-order valence-electron chi connectivity index (χ3n) is 3.26. The zero-order valence-corrected chi connectivity index (χ0v) is 9.63. The van der Waals surface area contributed by atoms with E-state index >= 15 is 0 Å². The third-order valence-corrected chi connectivity index (χ3v) is 3.26. The number of hydrogen-bond acceptors (Lipinski definition) is 2. The van der Waals surface area contributed by atoms with Crippen molar-refractivity contribution in [3.8, 4) is 12.3 Å². The number of benzene rings is 2. The number of hydrogen-bond donors (Lipinski definition) is 1. The van der Waals surface area contributed by atoms with E-state index in [2.05, 4.69) is 5.92 Å². The number of terminal acetylenes is 1. The predicted octanol–water partition coefficient (Wildman–Crippen LogP) is 1.92. The Morgan fingerprint density at radius 2 is 2.00 bits per heavy atom. The molecule has 2 aromatic rings. The fraction of sp³-hybridized carbons (Fsp3) is 0.133. The highest BCUT2D eigenvalue weighted by atomic mass is 16.3. The second kappa shape index (κ2) is 3.86. The minimum absolute atomic E-state index is 0.102. The Kier molecular flexibility index (Phi) is 2.32. The van der Waals surface area contributed by atoms with Gasteiger partial charge in [-0.25, -0.2) is 0 Å². The van der Waals surface area contributed by atoms with E-state index in [9.17, 15) is 9.90 Å². The highest BCUT2D eigenvalue weighted by Gasteiger charge is 2.31. The number of amides is 1. The zero-order chi connectivity index (χ0) is 12.7. The van der Waals surface area contributed by atoms with E-state index in [1.54, 1.807) is 6.07 Å². The van der Waals surface area contributed by atoms with Crippen LogP contribution in [0.3, 0.4) is 0 Å². The molecule has 0 saturated carbocycles. The Balaban J connectivity index is 2.32. The second-order valence-corrected chi connectivity index (χ2v) is 4.26. The summed E-state index contributed by atoms with van der Waals surface area (Å²) in [5.74, 6) is 2.19. The van der Waals surface area contributed by atoms with Crippen LogP contribution in [-0.4, -0.2) is 22.5 Å². The van der Waals surface area contributed by atoms with Crippen molar-refractivity contribution in [3.63, 3.8) is 0 Å². The lowest BCUT2D eigenvalue weighted by Crippen LogP contribution is -2.38. The summed E-state index contributed by atoms with van der Waals surface area (Å²) in [5, 5.41) is 12.0. The first-order chi connectivity index (χ1) is 8.74. The summed E-state index contributed by atoms with van der Waals surface area (Å²) < 4.78 is 0. The van der Waals surface area contributed by atoms with Crippen LogP contribution in [0.5, 0.6) is 0 Å². The Labute approximate surface area is 105 Å². The van der Waals surface area contributed by atoms with Crippen LogP contribution in [0.4, 0.5) is 0 Å². The average Bonchev–Trinajstić information content (AvgIpc) is 2.40. The van der Waals surface area contributed by atoms with Crippen LogP contribution in [0.2, 0.25) is 0 Å². The number of rotatable bonds is 1. The van der Waals surface area contributed by atoms with Crippen molar-refractivity contribution in [3.05, 3.63) is 47.5 Å². The maximum Gasteiger partial charge on any atom is 0.257 e. The maximum atomic E-state index is 12.3. The lowest BCUT2D eigenvalue weighted by atomic mass is 9.93. The fourth-order valence-electron chi connectivity index (χ4n) is 2.45. The fourth-order valence-corrected chi connectivity index (χ4v) is 2.45. The molecule has 18 heavy (non-hydrogen) atoms. The molecule has 1 aliphatic heterocycles. The summed E-state index contributed by atoms with van der Waals surface area (Å²) >= 11 is 0. The summed E-state index contributed by atoms with van der Waals surface area (Å²) in [6.07, 6.45) is 4.28. The largest absolute Gasteiger partial charge is 0.369 e. The monoisotopic (exact) mass is 237 g/mol. The molecule has 3 rings (SSSR count). The predicted molar refractivity (Wildman–Crippen MR) is 68.8 cm³/mol. The molecule has 1 aliphatic rings. The van der Waals surface area contributed by atoms with Gasteiger partial charge in [0.1, 0.15) is 0 Å². The van der Waals surface area contributed by atoms with E-state index in [1.807, 2.05) is 30.3 Å². The third kappa shape index (κ3) is 1.33. The van der Waals surface area contributed by atoms with Crippen LogP contribution in [0.1, 0.15) is 22.1 Å². The maximum absolute atomic E-state index is 12.3. The molecule has 1 N–H and O–H groups in total. The Morgan fingerprint density at radius 1 is 1.28 bits per heavy atom. The first-order valence-corrected chi connectivity index (χ1v) is 5.68. The van der Waals surface area contributed by atoms with Gasteiger partial charge in [-0.1, -0.05) is 36.3 Å². The molecule has 0 radical (unpaired) electrons. The molecule has 1 atom stereocenters. The van der Waals surface area contributed by atoms with Gasteiger partial charge in [-0.3, -0.25) is 9.69 Å². The van der Waals surface area contributed by atoms with Gasteiger partial charge in [-0.05, 0) is 11.5 Å². The molecule has 1 heterocycles. The summed E-state index contributed by atoms with van der Waals surface area (Å²) in [4.78, 5) is 13.6. The van der Waals surface area contributed by atoms with Gasteiger partial charge in [0.25, 0.3) is 5.91 Å². The van der Waals surface area contributed by atoms with Gasteiger partial charge in [0.05, 0.1) is 6.54 Å². The minimum atomic E-state index is -0.966. The van der Waals surface area contributed by atoms with Crippen molar-refractivity contribution < 1.29 is 9.90 Å². The molecule has 0 spiro atoms. The van der Waals surface area contributed by atoms with Crippen molar-refractivity contribution in [1.29, 1.82) is 0 Å². The van der Waals surface area contributed by atoms with Crippen LogP contribution in [0, 0.1) is 12.3 Å². The van der Waals surface area contributed by atoms with Gasteiger partial charge in [-0.15, -0.1) is 6.42 Å². The van der Waals surface area contributed by atoms with Crippen LogP contribution in [0.25, 0.3) is 10.8 Å². The van der Waals surface area contributed by atoms with Gasteiger partial charge >= 0.3 is 0 Å². The summed E-state index contributed by atoms with van der Waals surface area (Å²) in [6, 6.07) is 11.2. The van der Waals surface area contributed by atoms with Crippen molar-refractivity contribution in [2.45, 2.75) is 6.23 Å². The molecule has 0 unspecified atom stereocenters. The Bertz CT molecular complexity index is 679. The van der Waals surface area contributed by atoms with Crippen LogP contribution in [0.15, 0.2) is 36.4 Å². The smallest absolute Gasteiger partial charge is 0.257 e. The lowest BCUT2D eigenvalue weighted by molar-refractivity contribution is 0.0113. The van der Waals surface area contributed by atoms with E-state index in [-0.39, 0.29) is 12.5 Å². The molecular weight excluding hydrogens is 226 g/mol. The highest BCUT2D eigenvalue weighted by molar-refractivity contribution is 6.10. The van der Waals surface area contributed by atoms with Crippen LogP contribution >= 0.6 is 0 Å². The highest BCUT2D eigenvalue weighted by Crippen LogP contribution is 2.35. The van der Waals surface area contributed by atoms with Gasteiger partial charge in [0.2, 0.25) is 0 Å². The van der Waals surface area contributed by atoms with E-state index in [4.69, 9.17) is 6.42 Å². The normalized spacial score (nSPS) is 17.9. The number of aliphatic hydroxyl groups is 1. The average molecular weight is 237 g/mol. The second-order valence-electron chi connectivity index (χ2n) is 4.26. The van der Waals surface area contributed by atoms with E-state index in [1.165, 1.54) is 4.90 Å². The first-order valence-electron chi connectivity index (χ1n) is 5.68. The molecular formula is C15H11NO2. The van der Waals surface area contributed by atoms with E-state index in [0.29, 0.717) is 5.56 Å². The summed E-state index contributed by atoms with van der Waals surface area (Å²) in [5.41, 5.74) is 1.33. The molecule has 1 amide bonds. The van der Waals surface area contributed by atoms with Crippen LogP contribution in [-0.2, 0) is 0 Å². The van der Waals surface area contributed by atoms with E-state index in [0.717, 1.165) is 16.3 Å². The first kappa shape index (κ1) is 10.8. The van der Waals surface area contributed by atoms with Crippen molar-refractivity contribution in [2.75, 3.05) is 6.54 Å². The lowest BCUT2D eigenvalue weighted by Gasteiger charge is -2.32. The summed E-state index contributed by atoms with van der Waals surface area (Å²) in [7, 11) is 0.